The highest BCUT2D eigenvalue weighted by Gasteiger charge is 2.21. The lowest BCUT2D eigenvalue weighted by molar-refractivity contribution is -0.175. The summed E-state index contributed by atoms with van der Waals surface area (Å²) >= 11 is 0. The van der Waals surface area contributed by atoms with E-state index in [-0.39, 0.29) is 6.54 Å². The number of hydrogen-bond donors (Lipinski definition) is 4. The second kappa shape index (κ2) is 7.25. The number of anilines is 2. The van der Waals surface area contributed by atoms with Gasteiger partial charge in [-0.3, -0.25) is 0 Å². The molecule has 6 nitrogen and oxygen atoms in total. The van der Waals surface area contributed by atoms with Crippen LogP contribution in [0.1, 0.15) is 26.3 Å². The topological polar surface area (TPSA) is 91.0 Å². The van der Waals surface area contributed by atoms with Crippen LogP contribution in [0.2, 0.25) is 0 Å². The molecular weight excluding hydrogens is 306 g/mol. The molecule has 0 fully saturated rings. The van der Waals surface area contributed by atoms with Gasteiger partial charge >= 0.3 is 0 Å². The molecule has 6 heteroatoms. The number of aliphatic hydroxyl groups is 2. The number of nitrogens with zero attached hydrogens (tertiary/aromatic N) is 1. The third-order valence-electron chi connectivity index (χ3n) is 3.97. The molecule has 1 aromatic rings. The van der Waals surface area contributed by atoms with Crippen molar-refractivity contribution in [3.63, 3.8) is 0 Å². The Morgan fingerprint density at radius 2 is 2.12 bits per heavy atom. The summed E-state index contributed by atoms with van der Waals surface area (Å²) in [7, 11) is 1.83. The maximum Gasteiger partial charge on any atom is 0.180 e. The summed E-state index contributed by atoms with van der Waals surface area (Å²) in [4.78, 5) is 1.76. The fourth-order valence-electron chi connectivity index (χ4n) is 2.64. The van der Waals surface area contributed by atoms with Crippen molar-refractivity contribution in [2.75, 3.05) is 31.2 Å². The molecule has 0 aliphatic carbocycles. The molecule has 1 aliphatic heterocycles. The summed E-state index contributed by atoms with van der Waals surface area (Å²) in [5.74, 6) is -1.26. The predicted molar refractivity (Wildman–Crippen MR) is 97.1 cm³/mol. The smallest absolute Gasteiger partial charge is 0.180 e. The number of benzene rings is 1. The van der Waals surface area contributed by atoms with Gasteiger partial charge in [-0.2, -0.15) is 0 Å². The zero-order chi connectivity index (χ0) is 17.9. The summed E-state index contributed by atoms with van der Waals surface area (Å²) in [6, 6.07) is 5.68. The van der Waals surface area contributed by atoms with Gasteiger partial charge in [-0.15, -0.1) is 0 Å². The van der Waals surface area contributed by atoms with Crippen molar-refractivity contribution in [1.29, 1.82) is 0 Å². The second-order valence-corrected chi connectivity index (χ2v) is 6.28. The average molecular weight is 333 g/mol. The van der Waals surface area contributed by atoms with Crippen molar-refractivity contribution in [3.05, 3.63) is 41.6 Å². The number of aliphatic hydroxyl groups excluding tert-OH is 1. The van der Waals surface area contributed by atoms with Crippen molar-refractivity contribution < 1.29 is 14.9 Å². The van der Waals surface area contributed by atoms with E-state index >= 15 is 0 Å². The minimum absolute atomic E-state index is 0.223. The standard InChI is InChI=1S/C18H27N3O3/c1-5-24-18(3,23)11-20-16-9-13(6-7-15(16)19)14-8-12(2)17(22)21(4)10-14/h6-10,17,20,22-23H,5,11,19H2,1-4H3/t17?,18-/m1/s1. The number of ether oxygens (including phenoxy) is 1. The second-order valence-electron chi connectivity index (χ2n) is 6.28. The monoisotopic (exact) mass is 333 g/mol. The first kappa shape index (κ1) is 18.3. The first-order valence-electron chi connectivity index (χ1n) is 8.03. The molecule has 2 rings (SSSR count). The summed E-state index contributed by atoms with van der Waals surface area (Å²) < 4.78 is 5.27. The van der Waals surface area contributed by atoms with Crippen LogP contribution in [-0.4, -0.2) is 47.3 Å². The van der Waals surface area contributed by atoms with Crippen LogP contribution in [0.25, 0.3) is 5.57 Å². The number of hydrogen-bond acceptors (Lipinski definition) is 6. The Hall–Kier alpha value is -2.02. The summed E-state index contributed by atoms with van der Waals surface area (Å²) in [6.07, 6.45) is 3.25. The van der Waals surface area contributed by atoms with Gasteiger partial charge in [0.15, 0.2) is 5.79 Å². The number of likely N-dealkylation sites (N-methyl/N-ethyl adjacent to an activating group) is 1. The Balaban J connectivity index is 2.22. The lowest BCUT2D eigenvalue weighted by Gasteiger charge is -2.28. The Kier molecular flexibility index (Phi) is 5.54. The predicted octanol–water partition coefficient (Wildman–Crippen LogP) is 1.98. The van der Waals surface area contributed by atoms with Crippen molar-refractivity contribution in [2.24, 2.45) is 0 Å². The Bertz CT molecular complexity index is 653. The quantitative estimate of drug-likeness (QED) is 0.470. The van der Waals surface area contributed by atoms with E-state index in [1.165, 1.54) is 0 Å². The number of rotatable bonds is 6. The third kappa shape index (κ3) is 4.29. The number of allylic oxidation sites excluding steroid dienone is 2. The Morgan fingerprint density at radius 1 is 1.42 bits per heavy atom. The van der Waals surface area contributed by atoms with Crippen LogP contribution in [0.5, 0.6) is 0 Å². The lowest BCUT2D eigenvalue weighted by atomic mass is 9.99. The van der Waals surface area contributed by atoms with Crippen LogP contribution < -0.4 is 11.1 Å². The molecule has 132 valence electrons. The van der Waals surface area contributed by atoms with Crippen LogP contribution in [0, 0.1) is 0 Å². The third-order valence-corrected chi connectivity index (χ3v) is 3.97. The van der Waals surface area contributed by atoms with Crippen LogP contribution in [-0.2, 0) is 4.74 Å². The van der Waals surface area contributed by atoms with Crippen molar-refractivity contribution in [2.45, 2.75) is 32.8 Å². The van der Waals surface area contributed by atoms with Crippen molar-refractivity contribution in [3.8, 4) is 0 Å². The van der Waals surface area contributed by atoms with Crippen LogP contribution in [0.3, 0.4) is 0 Å². The zero-order valence-electron chi connectivity index (χ0n) is 14.7. The molecule has 0 radical (unpaired) electrons. The highest BCUT2D eigenvalue weighted by Crippen LogP contribution is 2.29. The molecule has 0 saturated carbocycles. The molecule has 0 spiro atoms. The molecule has 1 heterocycles. The van der Waals surface area contributed by atoms with Crippen molar-refractivity contribution in [1.82, 2.24) is 4.90 Å². The molecular formula is C18H27N3O3. The molecule has 0 amide bonds. The Morgan fingerprint density at radius 3 is 2.75 bits per heavy atom. The van der Waals surface area contributed by atoms with E-state index < -0.39 is 12.0 Å². The highest BCUT2D eigenvalue weighted by molar-refractivity contribution is 5.80. The summed E-state index contributed by atoms with van der Waals surface area (Å²) in [5, 5.41) is 23.2. The molecule has 0 saturated heterocycles. The van der Waals surface area contributed by atoms with Gasteiger partial charge in [0.25, 0.3) is 0 Å². The molecule has 1 aliphatic rings. The molecule has 2 atom stereocenters. The first-order chi connectivity index (χ1) is 11.2. The summed E-state index contributed by atoms with van der Waals surface area (Å²) in [6.45, 7) is 5.98. The van der Waals surface area contributed by atoms with E-state index in [1.54, 1.807) is 11.8 Å². The summed E-state index contributed by atoms with van der Waals surface area (Å²) in [5.41, 5.74) is 10.2. The van der Waals surface area contributed by atoms with Gasteiger partial charge in [0, 0.05) is 19.9 Å². The molecule has 0 bridgehead atoms. The van der Waals surface area contributed by atoms with Crippen LogP contribution >= 0.6 is 0 Å². The van der Waals surface area contributed by atoms with Gasteiger partial charge in [0.2, 0.25) is 0 Å². The fourth-order valence-corrected chi connectivity index (χ4v) is 2.64. The largest absolute Gasteiger partial charge is 0.397 e. The first-order valence-corrected chi connectivity index (χ1v) is 8.03. The lowest BCUT2D eigenvalue weighted by Crippen LogP contribution is -2.36. The van der Waals surface area contributed by atoms with Gasteiger partial charge in [0.1, 0.15) is 6.23 Å². The van der Waals surface area contributed by atoms with Gasteiger partial charge < -0.3 is 30.9 Å². The zero-order valence-corrected chi connectivity index (χ0v) is 14.7. The minimum atomic E-state index is -1.26. The molecule has 1 unspecified atom stereocenters. The van der Waals surface area contributed by atoms with E-state index in [2.05, 4.69) is 5.32 Å². The number of nitrogens with one attached hydrogen (secondary N) is 1. The van der Waals surface area contributed by atoms with E-state index in [0.29, 0.717) is 12.3 Å². The van der Waals surface area contributed by atoms with E-state index in [1.807, 2.05) is 51.4 Å². The van der Waals surface area contributed by atoms with Gasteiger partial charge in [-0.05, 0) is 55.7 Å². The maximum atomic E-state index is 10.1. The van der Waals surface area contributed by atoms with E-state index in [0.717, 1.165) is 22.4 Å². The SMILES string of the molecule is CCO[C@@](C)(O)CNc1cc(C2=CN(C)C(O)C(C)=C2)ccc1N. The minimum Gasteiger partial charge on any atom is -0.397 e. The molecule has 0 aromatic heterocycles. The van der Waals surface area contributed by atoms with Crippen molar-refractivity contribution >= 4 is 16.9 Å². The molecule has 24 heavy (non-hydrogen) atoms. The normalized spacial score (nSPS) is 20.2. The van der Waals surface area contributed by atoms with Crippen LogP contribution in [0.15, 0.2) is 36.0 Å². The molecule has 1 aromatic carbocycles. The average Bonchev–Trinajstić information content (AvgIpc) is 2.51. The van der Waals surface area contributed by atoms with E-state index in [4.69, 9.17) is 10.5 Å². The fraction of sp³-hybridized carbons (Fsp3) is 0.444. The van der Waals surface area contributed by atoms with Gasteiger partial charge in [-0.25, -0.2) is 0 Å². The Labute approximate surface area is 143 Å². The number of nitrogens with two attached hydrogens (primary N) is 1. The molecule has 5 N–H and O–H groups in total. The number of nitrogen functional groups attached to an aromatic ring is 1. The van der Waals surface area contributed by atoms with Gasteiger partial charge in [-0.1, -0.05) is 6.07 Å². The van der Waals surface area contributed by atoms with Gasteiger partial charge in [0.05, 0.1) is 17.9 Å². The maximum absolute atomic E-state index is 10.1. The highest BCUT2D eigenvalue weighted by atomic mass is 16.6. The van der Waals surface area contributed by atoms with E-state index in [9.17, 15) is 10.2 Å². The van der Waals surface area contributed by atoms with Crippen LogP contribution in [0.4, 0.5) is 11.4 Å².